The summed E-state index contributed by atoms with van der Waals surface area (Å²) < 4.78 is 0. The van der Waals surface area contributed by atoms with Crippen molar-refractivity contribution in [3.8, 4) is 0 Å². The van der Waals surface area contributed by atoms with Crippen LogP contribution in [0.2, 0.25) is 0 Å². The van der Waals surface area contributed by atoms with Crippen LogP contribution in [0.25, 0.3) is 0 Å². The molecule has 1 aliphatic rings. The number of nitrogens with zero attached hydrogens (tertiary/aromatic N) is 1. The predicted molar refractivity (Wildman–Crippen MR) is 71.3 cm³/mol. The number of benzene rings is 1. The molecule has 0 radical (unpaired) electrons. The van der Waals surface area contributed by atoms with Crippen molar-refractivity contribution in [3.05, 3.63) is 39.9 Å². The standard InChI is InChI=1S/C14H20N2O2/c1-10-6-7-14(11(10)2)15-9-12-4-3-5-13(8-12)16(17)18/h3-5,8,10-11,14-15H,6-7,9H2,1-2H3. The van der Waals surface area contributed by atoms with Crippen molar-refractivity contribution >= 4 is 5.69 Å². The Kier molecular flexibility index (Phi) is 3.97. The van der Waals surface area contributed by atoms with E-state index >= 15 is 0 Å². The minimum Gasteiger partial charge on any atom is -0.310 e. The van der Waals surface area contributed by atoms with E-state index in [0.717, 1.165) is 11.5 Å². The van der Waals surface area contributed by atoms with E-state index in [1.807, 2.05) is 6.07 Å². The lowest BCUT2D eigenvalue weighted by molar-refractivity contribution is -0.384. The van der Waals surface area contributed by atoms with E-state index in [1.54, 1.807) is 12.1 Å². The van der Waals surface area contributed by atoms with Crippen LogP contribution in [0.1, 0.15) is 32.3 Å². The third-order valence-corrected chi connectivity index (χ3v) is 4.16. The Morgan fingerprint density at radius 1 is 1.39 bits per heavy atom. The molecule has 0 aliphatic heterocycles. The summed E-state index contributed by atoms with van der Waals surface area (Å²) in [5.74, 6) is 1.45. The summed E-state index contributed by atoms with van der Waals surface area (Å²) >= 11 is 0. The zero-order valence-electron chi connectivity index (χ0n) is 10.9. The number of nitro benzene ring substituents is 1. The second kappa shape index (κ2) is 5.48. The molecule has 1 aliphatic carbocycles. The smallest absolute Gasteiger partial charge is 0.269 e. The lowest BCUT2D eigenvalue weighted by atomic mass is 9.97. The molecule has 98 valence electrons. The van der Waals surface area contributed by atoms with Gasteiger partial charge in [0.25, 0.3) is 5.69 Å². The molecule has 1 saturated carbocycles. The van der Waals surface area contributed by atoms with E-state index in [1.165, 1.54) is 18.9 Å². The molecule has 1 fully saturated rings. The number of rotatable bonds is 4. The normalized spacial score (nSPS) is 27.3. The van der Waals surface area contributed by atoms with Crippen molar-refractivity contribution in [1.82, 2.24) is 5.32 Å². The zero-order chi connectivity index (χ0) is 13.1. The van der Waals surface area contributed by atoms with Gasteiger partial charge in [-0.1, -0.05) is 26.0 Å². The van der Waals surface area contributed by atoms with Gasteiger partial charge in [0.05, 0.1) is 4.92 Å². The third kappa shape index (κ3) is 2.88. The molecule has 0 bridgehead atoms. The summed E-state index contributed by atoms with van der Waals surface area (Å²) in [7, 11) is 0. The van der Waals surface area contributed by atoms with Gasteiger partial charge >= 0.3 is 0 Å². The molecular formula is C14H20N2O2. The largest absolute Gasteiger partial charge is 0.310 e. The molecule has 4 nitrogen and oxygen atoms in total. The Morgan fingerprint density at radius 2 is 2.17 bits per heavy atom. The molecule has 0 spiro atoms. The van der Waals surface area contributed by atoms with Crippen LogP contribution in [-0.2, 0) is 6.54 Å². The maximum absolute atomic E-state index is 10.7. The Bertz CT molecular complexity index is 434. The van der Waals surface area contributed by atoms with Crippen molar-refractivity contribution in [2.75, 3.05) is 0 Å². The molecule has 0 heterocycles. The molecule has 3 atom stereocenters. The van der Waals surface area contributed by atoms with E-state index in [9.17, 15) is 10.1 Å². The first-order valence-corrected chi connectivity index (χ1v) is 6.54. The van der Waals surface area contributed by atoms with Gasteiger partial charge < -0.3 is 5.32 Å². The Labute approximate surface area is 108 Å². The first kappa shape index (κ1) is 13.0. The van der Waals surface area contributed by atoms with Gasteiger partial charge in [0, 0.05) is 24.7 Å². The maximum atomic E-state index is 10.7. The number of nitro groups is 1. The number of nitrogens with one attached hydrogen (secondary N) is 1. The fourth-order valence-electron chi connectivity index (χ4n) is 2.68. The van der Waals surface area contributed by atoms with Crippen LogP contribution in [0.5, 0.6) is 0 Å². The summed E-state index contributed by atoms with van der Waals surface area (Å²) in [4.78, 5) is 10.4. The second-order valence-electron chi connectivity index (χ2n) is 5.33. The SMILES string of the molecule is CC1CCC(NCc2cccc([N+](=O)[O-])c2)C1C. The second-order valence-corrected chi connectivity index (χ2v) is 5.33. The van der Waals surface area contributed by atoms with Crippen LogP contribution < -0.4 is 5.32 Å². The van der Waals surface area contributed by atoms with Crippen LogP contribution in [0, 0.1) is 22.0 Å². The number of non-ortho nitro benzene ring substituents is 1. The van der Waals surface area contributed by atoms with E-state index in [0.29, 0.717) is 18.5 Å². The molecule has 0 saturated heterocycles. The van der Waals surface area contributed by atoms with E-state index < -0.39 is 0 Å². The lowest BCUT2D eigenvalue weighted by Crippen LogP contribution is -2.31. The van der Waals surface area contributed by atoms with Crippen LogP contribution >= 0.6 is 0 Å². The van der Waals surface area contributed by atoms with Crippen molar-refractivity contribution < 1.29 is 4.92 Å². The molecule has 18 heavy (non-hydrogen) atoms. The fraction of sp³-hybridized carbons (Fsp3) is 0.571. The van der Waals surface area contributed by atoms with Crippen molar-refractivity contribution in [2.45, 2.75) is 39.3 Å². The summed E-state index contributed by atoms with van der Waals surface area (Å²) in [5, 5.41) is 14.2. The van der Waals surface area contributed by atoms with Gasteiger partial charge in [-0.3, -0.25) is 10.1 Å². The van der Waals surface area contributed by atoms with Gasteiger partial charge in [0.1, 0.15) is 0 Å². The van der Waals surface area contributed by atoms with Crippen molar-refractivity contribution in [1.29, 1.82) is 0 Å². The molecule has 0 amide bonds. The molecule has 0 aromatic heterocycles. The van der Waals surface area contributed by atoms with Crippen LogP contribution in [0.15, 0.2) is 24.3 Å². The highest BCUT2D eigenvalue weighted by molar-refractivity contribution is 5.34. The first-order chi connectivity index (χ1) is 8.58. The highest BCUT2D eigenvalue weighted by Crippen LogP contribution is 2.31. The highest BCUT2D eigenvalue weighted by atomic mass is 16.6. The number of hydrogen-bond donors (Lipinski definition) is 1. The molecule has 2 rings (SSSR count). The fourth-order valence-corrected chi connectivity index (χ4v) is 2.68. The average Bonchev–Trinajstić information content (AvgIpc) is 2.68. The molecule has 3 unspecified atom stereocenters. The van der Waals surface area contributed by atoms with Crippen LogP contribution in [0.3, 0.4) is 0 Å². The van der Waals surface area contributed by atoms with Gasteiger partial charge in [-0.25, -0.2) is 0 Å². The zero-order valence-corrected chi connectivity index (χ0v) is 10.9. The van der Waals surface area contributed by atoms with E-state index in [4.69, 9.17) is 0 Å². The highest BCUT2D eigenvalue weighted by Gasteiger charge is 2.28. The number of hydrogen-bond acceptors (Lipinski definition) is 3. The average molecular weight is 248 g/mol. The molecule has 1 N–H and O–H groups in total. The monoisotopic (exact) mass is 248 g/mol. The van der Waals surface area contributed by atoms with Gasteiger partial charge in [-0.05, 0) is 30.2 Å². The Hall–Kier alpha value is -1.42. The summed E-state index contributed by atoms with van der Waals surface area (Å²) in [5.41, 5.74) is 1.15. The minimum absolute atomic E-state index is 0.169. The molecular weight excluding hydrogens is 228 g/mol. The van der Waals surface area contributed by atoms with Crippen molar-refractivity contribution in [2.24, 2.45) is 11.8 Å². The van der Waals surface area contributed by atoms with E-state index in [2.05, 4.69) is 19.2 Å². The van der Waals surface area contributed by atoms with Gasteiger partial charge in [-0.15, -0.1) is 0 Å². The molecule has 1 aromatic rings. The van der Waals surface area contributed by atoms with Crippen LogP contribution in [-0.4, -0.2) is 11.0 Å². The lowest BCUT2D eigenvalue weighted by Gasteiger charge is -2.19. The quantitative estimate of drug-likeness (QED) is 0.658. The minimum atomic E-state index is -0.343. The van der Waals surface area contributed by atoms with Gasteiger partial charge in [-0.2, -0.15) is 0 Å². The summed E-state index contributed by atoms with van der Waals surface area (Å²) in [6.45, 7) is 5.28. The Morgan fingerprint density at radius 3 is 2.78 bits per heavy atom. The summed E-state index contributed by atoms with van der Waals surface area (Å²) in [6, 6.07) is 7.40. The van der Waals surface area contributed by atoms with Crippen molar-refractivity contribution in [3.63, 3.8) is 0 Å². The van der Waals surface area contributed by atoms with Gasteiger partial charge in [0.2, 0.25) is 0 Å². The maximum Gasteiger partial charge on any atom is 0.269 e. The predicted octanol–water partition coefficient (Wildman–Crippen LogP) is 3.12. The molecule has 4 heteroatoms. The topological polar surface area (TPSA) is 55.2 Å². The van der Waals surface area contributed by atoms with Crippen LogP contribution in [0.4, 0.5) is 5.69 Å². The van der Waals surface area contributed by atoms with E-state index in [-0.39, 0.29) is 10.6 Å². The third-order valence-electron chi connectivity index (χ3n) is 4.16. The first-order valence-electron chi connectivity index (χ1n) is 6.54. The van der Waals surface area contributed by atoms with Gasteiger partial charge in [0.15, 0.2) is 0 Å². The summed E-state index contributed by atoms with van der Waals surface area (Å²) in [6.07, 6.45) is 2.48. The molecule has 1 aromatic carbocycles. The Balaban J connectivity index is 1.94.